The van der Waals surface area contributed by atoms with Gasteiger partial charge in [-0.1, -0.05) is 27.2 Å². The standard InChI is InChI=1S/C28H43N3O2/c1-4-10-28(33)12-11-26(2)21(14-28)5-7-22-23-8-6-20(27(23,3)15-24(32)25(22)26)9-13-31-18-19(16-29)17-30-31/h17-18,20-25,32-33H,4-15H2,1-3H3/t20-,21-,22+,23+,24-,25-,26+,27-,28-/m1/s1. The van der Waals surface area contributed by atoms with E-state index in [0.717, 1.165) is 51.5 Å². The normalized spacial score (nSPS) is 46.8. The predicted molar refractivity (Wildman–Crippen MR) is 128 cm³/mol. The van der Waals surface area contributed by atoms with E-state index in [1.165, 1.54) is 25.7 Å². The average Bonchev–Trinajstić information content (AvgIpc) is 3.36. The summed E-state index contributed by atoms with van der Waals surface area (Å²) in [6.07, 6.45) is 15.1. The Hall–Kier alpha value is -1.38. The van der Waals surface area contributed by atoms with Gasteiger partial charge < -0.3 is 10.2 Å². The van der Waals surface area contributed by atoms with Gasteiger partial charge in [0.25, 0.3) is 0 Å². The zero-order valence-electron chi connectivity index (χ0n) is 20.8. The molecule has 0 saturated heterocycles. The summed E-state index contributed by atoms with van der Waals surface area (Å²) in [5, 5.41) is 36.3. The van der Waals surface area contributed by atoms with Crippen LogP contribution in [0.25, 0.3) is 0 Å². The second kappa shape index (κ2) is 8.38. The minimum absolute atomic E-state index is 0.171. The average molecular weight is 454 g/mol. The molecule has 2 N–H and O–H groups in total. The number of nitriles is 1. The van der Waals surface area contributed by atoms with Crippen LogP contribution < -0.4 is 0 Å². The van der Waals surface area contributed by atoms with Crippen LogP contribution in [0.4, 0.5) is 0 Å². The van der Waals surface area contributed by atoms with Gasteiger partial charge in [0.1, 0.15) is 6.07 Å². The third-order valence-corrected chi connectivity index (χ3v) is 11.1. The molecule has 0 amide bonds. The van der Waals surface area contributed by atoms with E-state index in [9.17, 15) is 10.2 Å². The molecule has 4 aliphatic carbocycles. The van der Waals surface area contributed by atoms with Crippen LogP contribution in [0.5, 0.6) is 0 Å². The minimum Gasteiger partial charge on any atom is -0.393 e. The van der Waals surface area contributed by atoms with Gasteiger partial charge >= 0.3 is 0 Å². The Morgan fingerprint density at radius 3 is 2.70 bits per heavy atom. The van der Waals surface area contributed by atoms with Crippen LogP contribution in [0, 0.1) is 51.8 Å². The maximum absolute atomic E-state index is 11.7. The smallest absolute Gasteiger partial charge is 0.102 e. The molecule has 9 atom stereocenters. The highest BCUT2D eigenvalue weighted by Gasteiger charge is 2.63. The first kappa shape index (κ1) is 23.4. The molecule has 0 aliphatic heterocycles. The van der Waals surface area contributed by atoms with Crippen molar-refractivity contribution in [1.29, 1.82) is 5.26 Å². The van der Waals surface area contributed by atoms with Crippen molar-refractivity contribution in [3.8, 4) is 6.07 Å². The topological polar surface area (TPSA) is 82.1 Å². The second-order valence-electron chi connectivity index (χ2n) is 12.7. The van der Waals surface area contributed by atoms with Crippen LogP contribution in [-0.4, -0.2) is 31.7 Å². The Morgan fingerprint density at radius 2 is 1.97 bits per heavy atom. The largest absolute Gasteiger partial charge is 0.393 e. The van der Waals surface area contributed by atoms with E-state index >= 15 is 0 Å². The van der Waals surface area contributed by atoms with E-state index in [1.807, 2.05) is 10.9 Å². The van der Waals surface area contributed by atoms with Crippen LogP contribution in [-0.2, 0) is 6.54 Å². The van der Waals surface area contributed by atoms with Crippen molar-refractivity contribution in [2.24, 2.45) is 40.4 Å². The van der Waals surface area contributed by atoms with Crippen LogP contribution >= 0.6 is 0 Å². The van der Waals surface area contributed by atoms with Gasteiger partial charge in [0.05, 0.1) is 23.5 Å². The lowest BCUT2D eigenvalue weighted by Crippen LogP contribution is -2.60. The molecule has 1 aromatic rings. The molecule has 0 unspecified atom stereocenters. The molecule has 182 valence electrons. The molecule has 0 bridgehead atoms. The van der Waals surface area contributed by atoms with E-state index in [4.69, 9.17) is 5.26 Å². The molecule has 0 radical (unpaired) electrons. The zero-order chi connectivity index (χ0) is 23.4. The zero-order valence-corrected chi connectivity index (χ0v) is 20.8. The number of hydrogen-bond donors (Lipinski definition) is 2. The lowest BCUT2D eigenvalue weighted by atomic mass is 9.43. The molecule has 1 aromatic heterocycles. The van der Waals surface area contributed by atoms with E-state index in [-0.39, 0.29) is 16.9 Å². The molecule has 1 heterocycles. The Bertz CT molecular complexity index is 907. The third-order valence-electron chi connectivity index (χ3n) is 11.1. The summed E-state index contributed by atoms with van der Waals surface area (Å²) in [5.74, 6) is 2.88. The van der Waals surface area contributed by atoms with Gasteiger partial charge in [-0.05, 0) is 105 Å². The van der Waals surface area contributed by atoms with Crippen molar-refractivity contribution >= 4 is 0 Å². The number of aliphatic hydroxyl groups excluding tert-OH is 1. The lowest BCUT2D eigenvalue weighted by molar-refractivity contribution is -0.191. The van der Waals surface area contributed by atoms with Gasteiger partial charge in [0.15, 0.2) is 0 Å². The van der Waals surface area contributed by atoms with Crippen LogP contribution in [0.2, 0.25) is 0 Å². The highest BCUT2D eigenvalue weighted by atomic mass is 16.3. The molecule has 0 aromatic carbocycles. The summed E-state index contributed by atoms with van der Waals surface area (Å²) < 4.78 is 1.92. The van der Waals surface area contributed by atoms with E-state index < -0.39 is 5.60 Å². The number of rotatable bonds is 5. The monoisotopic (exact) mass is 453 g/mol. The second-order valence-corrected chi connectivity index (χ2v) is 12.7. The van der Waals surface area contributed by atoms with E-state index in [2.05, 4.69) is 31.9 Å². The molecule has 5 heteroatoms. The number of aromatic nitrogens is 2. The highest BCUT2D eigenvalue weighted by Crippen LogP contribution is 2.68. The summed E-state index contributed by atoms with van der Waals surface area (Å²) in [6, 6.07) is 2.17. The third kappa shape index (κ3) is 3.76. The number of nitrogens with zero attached hydrogens (tertiary/aromatic N) is 3. The molecule has 5 rings (SSSR count). The Morgan fingerprint density at radius 1 is 1.15 bits per heavy atom. The molecule has 5 nitrogen and oxygen atoms in total. The van der Waals surface area contributed by atoms with Crippen LogP contribution in [0.15, 0.2) is 12.4 Å². The molecule has 0 spiro atoms. The number of hydrogen-bond acceptors (Lipinski definition) is 4. The predicted octanol–water partition coefficient (Wildman–Crippen LogP) is 5.31. The number of fused-ring (bicyclic) bond motifs is 5. The molecule has 4 fully saturated rings. The van der Waals surface area contributed by atoms with Crippen LogP contribution in [0.1, 0.15) is 97.0 Å². The summed E-state index contributed by atoms with van der Waals surface area (Å²) in [5.41, 5.74) is 0.526. The summed E-state index contributed by atoms with van der Waals surface area (Å²) >= 11 is 0. The maximum atomic E-state index is 11.7. The first-order chi connectivity index (χ1) is 15.7. The van der Waals surface area contributed by atoms with E-state index in [0.29, 0.717) is 35.2 Å². The fraction of sp³-hybridized carbons (Fsp3) is 0.857. The summed E-state index contributed by atoms with van der Waals surface area (Å²) in [4.78, 5) is 0. The van der Waals surface area contributed by atoms with Gasteiger partial charge in [-0.2, -0.15) is 10.4 Å². The molecular formula is C28H43N3O2. The Kier molecular flexibility index (Phi) is 5.93. The minimum atomic E-state index is -0.476. The molecule has 4 aliphatic rings. The lowest BCUT2D eigenvalue weighted by Gasteiger charge is -2.63. The molecule has 4 saturated carbocycles. The Balaban J connectivity index is 1.32. The number of aryl methyl sites for hydroxylation is 1. The first-order valence-electron chi connectivity index (χ1n) is 13.6. The quantitative estimate of drug-likeness (QED) is 0.633. The van der Waals surface area contributed by atoms with Crippen molar-refractivity contribution in [1.82, 2.24) is 9.78 Å². The van der Waals surface area contributed by atoms with Gasteiger partial charge in [0.2, 0.25) is 0 Å². The fourth-order valence-electron chi connectivity index (χ4n) is 9.55. The fourth-order valence-corrected chi connectivity index (χ4v) is 9.55. The number of aliphatic hydroxyl groups is 2. The van der Waals surface area contributed by atoms with E-state index in [1.54, 1.807) is 6.20 Å². The van der Waals surface area contributed by atoms with Crippen molar-refractivity contribution in [2.75, 3.05) is 0 Å². The maximum Gasteiger partial charge on any atom is 0.102 e. The van der Waals surface area contributed by atoms with Crippen molar-refractivity contribution in [2.45, 2.75) is 110 Å². The van der Waals surface area contributed by atoms with Crippen molar-refractivity contribution in [3.05, 3.63) is 18.0 Å². The highest BCUT2D eigenvalue weighted by molar-refractivity contribution is 5.21. The van der Waals surface area contributed by atoms with Crippen LogP contribution in [0.3, 0.4) is 0 Å². The van der Waals surface area contributed by atoms with Gasteiger partial charge in [-0.15, -0.1) is 0 Å². The van der Waals surface area contributed by atoms with Crippen molar-refractivity contribution in [3.63, 3.8) is 0 Å². The van der Waals surface area contributed by atoms with Gasteiger partial charge in [-0.3, -0.25) is 4.68 Å². The van der Waals surface area contributed by atoms with Gasteiger partial charge in [0, 0.05) is 12.7 Å². The van der Waals surface area contributed by atoms with Crippen molar-refractivity contribution < 1.29 is 10.2 Å². The summed E-state index contributed by atoms with van der Waals surface area (Å²) in [7, 11) is 0. The summed E-state index contributed by atoms with van der Waals surface area (Å²) in [6.45, 7) is 7.96. The molecular weight excluding hydrogens is 410 g/mol. The first-order valence-corrected chi connectivity index (χ1v) is 13.6. The SMILES string of the molecule is CCC[C@@]1(O)CC[C@@]2(C)[C@H](CC[C@@H]3[C@@H]2[C@H](O)C[C@]2(C)[C@@H](CCn4cc(C#N)cn4)CC[C@@H]32)C1. The Labute approximate surface area is 199 Å². The molecule has 33 heavy (non-hydrogen) atoms. The van der Waals surface area contributed by atoms with Gasteiger partial charge in [-0.25, -0.2) is 0 Å².